The minimum absolute atomic E-state index is 0.318. The second-order valence-electron chi connectivity index (χ2n) is 1.36. The van der Waals surface area contributed by atoms with Crippen LogP contribution in [0.25, 0.3) is 0 Å². The second-order valence-corrected chi connectivity index (χ2v) is 1.36. The quantitative estimate of drug-likeness (QED) is 0.534. The molecule has 0 N–H and O–H groups in total. The summed E-state index contributed by atoms with van der Waals surface area (Å²) in [5.74, 6) is 0.451. The number of benzene rings is 1. The number of rotatable bonds is 1. The molecular formula is C7H8O. The summed E-state index contributed by atoms with van der Waals surface area (Å²) in [4.78, 5) is 0. The Bertz CT molecular complexity index is 235. The molecule has 0 amide bonds. The van der Waals surface area contributed by atoms with Gasteiger partial charge in [-0.25, -0.2) is 0 Å². The fourth-order valence-electron chi connectivity index (χ4n) is 0.455. The summed E-state index contributed by atoms with van der Waals surface area (Å²) in [5.41, 5.74) is 0. The molecule has 1 nitrogen and oxygen atoms in total. The maximum Gasteiger partial charge on any atom is 0.118 e. The average Bonchev–Trinajstić information content (AvgIpc) is 1.94. The van der Waals surface area contributed by atoms with Crippen molar-refractivity contribution in [3.05, 3.63) is 30.3 Å². The third-order valence-corrected chi connectivity index (χ3v) is 0.839. The summed E-state index contributed by atoms with van der Waals surface area (Å²) >= 11 is 0. The first-order valence-corrected chi connectivity index (χ1v) is 2.35. The van der Waals surface area contributed by atoms with E-state index in [0.29, 0.717) is 17.8 Å². The minimum Gasteiger partial charge on any atom is -0.497 e. The van der Waals surface area contributed by atoms with E-state index in [9.17, 15) is 0 Å². The van der Waals surface area contributed by atoms with Crippen molar-refractivity contribution in [3.63, 3.8) is 0 Å². The largest absolute Gasteiger partial charge is 0.497 e. The molecular weight excluding hydrogens is 100 g/mol. The summed E-state index contributed by atoms with van der Waals surface area (Å²) in [6.07, 6.45) is 0. The highest BCUT2D eigenvalue weighted by Crippen LogP contribution is 2.05. The lowest BCUT2D eigenvalue weighted by Crippen LogP contribution is -1.78. The summed E-state index contributed by atoms with van der Waals surface area (Å²) in [7, 11) is 1.49. The number of methoxy groups -OCH3 is 1. The maximum absolute atomic E-state index is 7.26. The highest BCUT2D eigenvalue weighted by molar-refractivity contribution is 5.20. The summed E-state index contributed by atoms with van der Waals surface area (Å²) < 4.78 is 19.2. The maximum atomic E-state index is 7.26. The monoisotopic (exact) mass is 110 g/mol. The third-order valence-electron chi connectivity index (χ3n) is 0.839. The molecule has 1 aromatic carbocycles. The van der Waals surface area contributed by atoms with Crippen LogP contribution in [0.1, 0.15) is 2.74 Å². The smallest absolute Gasteiger partial charge is 0.118 e. The van der Waals surface area contributed by atoms with Gasteiger partial charge < -0.3 is 4.74 Å². The molecule has 0 fully saturated rings. The van der Waals surface area contributed by atoms with Gasteiger partial charge in [0.1, 0.15) is 5.75 Å². The van der Waals surface area contributed by atoms with Gasteiger partial charge in [-0.1, -0.05) is 18.2 Å². The van der Waals surface area contributed by atoms with E-state index in [2.05, 4.69) is 0 Å². The Kier molecular flexibility index (Phi) is 0.922. The van der Waals surface area contributed by atoms with Crippen molar-refractivity contribution in [1.82, 2.24) is 0 Å². The second kappa shape index (κ2) is 2.36. The molecule has 0 saturated carbocycles. The standard InChI is InChI=1S/C7H8O/c1-8-7-5-3-2-4-6-7/h2-6H,1H3/i3D,6D. The van der Waals surface area contributed by atoms with Gasteiger partial charge in [0, 0.05) is 0 Å². The van der Waals surface area contributed by atoms with E-state index >= 15 is 0 Å². The first-order valence-electron chi connectivity index (χ1n) is 3.35. The fraction of sp³-hybridized carbons (Fsp3) is 0.143. The van der Waals surface area contributed by atoms with E-state index in [4.69, 9.17) is 7.48 Å². The Hall–Kier alpha value is -0.980. The van der Waals surface area contributed by atoms with Crippen LogP contribution < -0.4 is 4.74 Å². The van der Waals surface area contributed by atoms with E-state index in [0.717, 1.165) is 0 Å². The number of hydrogen-bond acceptors (Lipinski definition) is 1. The molecule has 1 aromatic rings. The highest BCUT2D eigenvalue weighted by atomic mass is 16.5. The summed E-state index contributed by atoms with van der Waals surface area (Å²) in [6.45, 7) is 0. The lowest BCUT2D eigenvalue weighted by molar-refractivity contribution is 0.415. The Balaban J connectivity index is 3.09. The molecule has 0 unspecified atom stereocenters. The molecule has 0 aliphatic carbocycles. The molecule has 8 heavy (non-hydrogen) atoms. The number of hydrogen-bond donors (Lipinski definition) is 0. The van der Waals surface area contributed by atoms with Crippen LogP contribution >= 0.6 is 0 Å². The molecule has 0 aromatic heterocycles. The van der Waals surface area contributed by atoms with Gasteiger partial charge in [-0.2, -0.15) is 0 Å². The van der Waals surface area contributed by atoms with Gasteiger partial charge >= 0.3 is 0 Å². The Morgan fingerprint density at radius 2 is 2.50 bits per heavy atom. The van der Waals surface area contributed by atoms with E-state index < -0.39 is 0 Å². The van der Waals surface area contributed by atoms with Crippen molar-refractivity contribution in [2.45, 2.75) is 0 Å². The molecule has 0 spiro atoms. The van der Waals surface area contributed by atoms with E-state index in [1.807, 2.05) is 0 Å². The molecule has 0 atom stereocenters. The molecule has 0 heterocycles. The lowest BCUT2D eigenvalue weighted by Gasteiger charge is -1.93. The van der Waals surface area contributed by atoms with E-state index in [1.54, 1.807) is 12.1 Å². The van der Waals surface area contributed by atoms with Gasteiger partial charge in [0.05, 0.1) is 9.85 Å². The molecule has 0 aliphatic rings. The van der Waals surface area contributed by atoms with Crippen molar-refractivity contribution in [2.75, 3.05) is 7.11 Å². The topological polar surface area (TPSA) is 9.23 Å². The van der Waals surface area contributed by atoms with Crippen molar-refractivity contribution in [3.8, 4) is 5.75 Å². The van der Waals surface area contributed by atoms with Gasteiger partial charge in [-0.15, -0.1) is 0 Å². The predicted molar refractivity (Wildman–Crippen MR) is 33.0 cm³/mol. The first-order chi connectivity index (χ1) is 4.74. The van der Waals surface area contributed by atoms with Gasteiger partial charge in [0.15, 0.2) is 0 Å². The Morgan fingerprint density at radius 3 is 3.12 bits per heavy atom. The van der Waals surface area contributed by atoms with E-state index in [-0.39, 0.29) is 0 Å². The first kappa shape index (κ1) is 3.13. The van der Waals surface area contributed by atoms with Gasteiger partial charge in [-0.3, -0.25) is 0 Å². The zero-order valence-electron chi connectivity index (χ0n) is 6.64. The minimum atomic E-state index is 0.318. The number of para-hydroxylation sites is 1. The zero-order chi connectivity index (χ0) is 7.56. The Labute approximate surface area is 51.7 Å². The normalized spacial score (nSPS) is 12.1. The van der Waals surface area contributed by atoms with Gasteiger partial charge in [0.2, 0.25) is 0 Å². The molecule has 1 heteroatoms. The van der Waals surface area contributed by atoms with Crippen LogP contribution in [0.2, 0.25) is 0 Å². The van der Waals surface area contributed by atoms with Gasteiger partial charge in [-0.05, 0) is 12.1 Å². The van der Waals surface area contributed by atoms with Crippen LogP contribution in [0.4, 0.5) is 0 Å². The zero-order valence-corrected chi connectivity index (χ0v) is 4.64. The van der Waals surface area contributed by atoms with E-state index in [1.165, 1.54) is 13.2 Å². The van der Waals surface area contributed by atoms with Crippen molar-refractivity contribution < 1.29 is 7.48 Å². The molecule has 42 valence electrons. The Morgan fingerprint density at radius 1 is 1.62 bits per heavy atom. The van der Waals surface area contributed by atoms with Crippen molar-refractivity contribution in [1.29, 1.82) is 0 Å². The molecule has 0 bridgehead atoms. The van der Waals surface area contributed by atoms with Crippen molar-refractivity contribution in [2.24, 2.45) is 0 Å². The number of ether oxygens (including phenoxy) is 1. The van der Waals surface area contributed by atoms with Crippen LogP contribution in [0.15, 0.2) is 30.3 Å². The van der Waals surface area contributed by atoms with Crippen LogP contribution in [-0.4, -0.2) is 7.11 Å². The SMILES string of the molecule is [2H]c1ccc([2H])c(OC)c1. The molecule has 0 saturated heterocycles. The van der Waals surface area contributed by atoms with Crippen LogP contribution in [0.5, 0.6) is 5.75 Å². The predicted octanol–water partition coefficient (Wildman–Crippen LogP) is 1.70. The van der Waals surface area contributed by atoms with Crippen LogP contribution in [0.3, 0.4) is 0 Å². The lowest BCUT2D eigenvalue weighted by atomic mass is 10.3. The fourth-order valence-corrected chi connectivity index (χ4v) is 0.455. The highest BCUT2D eigenvalue weighted by Gasteiger charge is 1.80. The summed E-state index contributed by atoms with van der Waals surface area (Å²) in [6, 6.07) is 5.31. The van der Waals surface area contributed by atoms with Crippen LogP contribution in [-0.2, 0) is 0 Å². The van der Waals surface area contributed by atoms with Gasteiger partial charge in [0.25, 0.3) is 0 Å². The molecule has 0 aliphatic heterocycles. The summed E-state index contributed by atoms with van der Waals surface area (Å²) in [5, 5.41) is 0. The van der Waals surface area contributed by atoms with Crippen molar-refractivity contribution >= 4 is 0 Å². The average molecular weight is 110 g/mol. The molecule has 0 radical (unpaired) electrons. The third kappa shape index (κ3) is 0.997. The van der Waals surface area contributed by atoms with Crippen LogP contribution in [0, 0.1) is 0 Å². The molecule has 1 rings (SSSR count).